The summed E-state index contributed by atoms with van der Waals surface area (Å²) in [6, 6.07) is 20.0. The monoisotopic (exact) mass is 572 g/mol. The first-order valence-electron chi connectivity index (χ1n) is 13.2. The molecule has 0 atom stereocenters. The second-order valence-electron chi connectivity index (χ2n) is 10.3. The normalized spacial score (nSPS) is 11.9. The summed E-state index contributed by atoms with van der Waals surface area (Å²) in [5, 5.41) is 16.2. The van der Waals surface area contributed by atoms with E-state index >= 15 is 4.39 Å². The molecule has 0 radical (unpaired) electrons. The Morgan fingerprint density at radius 1 is 1.05 bits per heavy atom. The van der Waals surface area contributed by atoms with Crippen LogP contribution in [0.5, 0.6) is 17.2 Å². The summed E-state index contributed by atoms with van der Waals surface area (Å²) >= 11 is 0. The van der Waals surface area contributed by atoms with E-state index < -0.39 is 17.3 Å². The van der Waals surface area contributed by atoms with Gasteiger partial charge in [-0.2, -0.15) is 0 Å². The lowest BCUT2D eigenvalue weighted by Gasteiger charge is -2.31. The van der Waals surface area contributed by atoms with Crippen LogP contribution in [0.25, 0.3) is 10.9 Å². The third-order valence-electron chi connectivity index (χ3n) is 6.49. The third-order valence-corrected chi connectivity index (χ3v) is 6.49. The predicted molar refractivity (Wildman–Crippen MR) is 160 cm³/mol. The van der Waals surface area contributed by atoms with Crippen molar-refractivity contribution < 1.29 is 28.6 Å². The van der Waals surface area contributed by atoms with Gasteiger partial charge in [-0.05, 0) is 70.2 Å². The van der Waals surface area contributed by atoms with Gasteiger partial charge in [-0.25, -0.2) is 9.40 Å². The van der Waals surface area contributed by atoms with E-state index in [-0.39, 0.29) is 18.0 Å². The van der Waals surface area contributed by atoms with E-state index in [0.29, 0.717) is 45.8 Å². The highest BCUT2D eigenvalue weighted by Crippen LogP contribution is 2.33. The number of pyridine rings is 1. The van der Waals surface area contributed by atoms with Crippen molar-refractivity contribution in [3.05, 3.63) is 96.1 Å². The van der Waals surface area contributed by atoms with Gasteiger partial charge in [0.1, 0.15) is 18.1 Å². The zero-order chi connectivity index (χ0) is 30.4. The second kappa shape index (κ2) is 12.7. The molecule has 4 rings (SSSR count). The smallest absolute Gasteiger partial charge is 0.253 e. The van der Waals surface area contributed by atoms with Crippen molar-refractivity contribution in [2.24, 2.45) is 0 Å². The maximum absolute atomic E-state index is 15.1. The number of nitrogens with zero attached hydrogens (tertiary/aromatic N) is 3. The molecule has 0 spiro atoms. The van der Waals surface area contributed by atoms with Crippen LogP contribution in [0.3, 0.4) is 0 Å². The number of nitrogens with one attached hydrogen (secondary N) is 1. The number of ether oxygens (including phenoxy) is 2. The van der Waals surface area contributed by atoms with Crippen LogP contribution in [0.15, 0.2) is 90.3 Å². The van der Waals surface area contributed by atoms with Gasteiger partial charge in [-0.1, -0.05) is 18.2 Å². The Bertz CT molecular complexity index is 1620. The molecule has 0 unspecified atom stereocenters. The highest BCUT2D eigenvalue weighted by atomic mass is 19.1. The Hall–Kier alpha value is -4.96. The molecule has 1 aromatic heterocycles. The van der Waals surface area contributed by atoms with E-state index in [0.717, 1.165) is 0 Å². The number of aliphatic hydroxyl groups is 1. The Kier molecular flexibility index (Phi) is 9.07. The minimum absolute atomic E-state index is 0.0319. The molecule has 2 amide bonds. The topological polar surface area (TPSA) is 104 Å². The summed E-state index contributed by atoms with van der Waals surface area (Å²) < 4.78 is 26.6. The van der Waals surface area contributed by atoms with E-state index in [1.54, 1.807) is 82.3 Å². The van der Waals surface area contributed by atoms with Crippen molar-refractivity contribution in [1.82, 2.24) is 9.99 Å². The molecule has 0 aliphatic heterocycles. The summed E-state index contributed by atoms with van der Waals surface area (Å²) in [4.78, 5) is 29.1. The van der Waals surface area contributed by atoms with Crippen LogP contribution in [0.2, 0.25) is 0 Å². The molecule has 0 bridgehead atoms. The molecule has 0 aliphatic rings. The lowest BCUT2D eigenvalue weighted by Crippen LogP contribution is -2.38. The number of carbonyl (C=O) groups is 2. The zero-order valence-corrected chi connectivity index (χ0v) is 24.1. The number of para-hydroxylation sites is 1. The number of amides is 2. The van der Waals surface area contributed by atoms with Crippen LogP contribution in [0, 0.1) is 5.82 Å². The maximum atomic E-state index is 15.1. The summed E-state index contributed by atoms with van der Waals surface area (Å²) in [7, 11) is 1.67. The van der Waals surface area contributed by atoms with Gasteiger partial charge >= 0.3 is 0 Å². The number of hydrogen-bond acceptors (Lipinski definition) is 7. The lowest BCUT2D eigenvalue weighted by atomic mass is 10.1. The van der Waals surface area contributed by atoms with Crippen LogP contribution in [0.4, 0.5) is 15.8 Å². The van der Waals surface area contributed by atoms with Crippen LogP contribution in [-0.2, 0) is 9.59 Å². The third kappa shape index (κ3) is 7.21. The highest BCUT2D eigenvalue weighted by molar-refractivity contribution is 6.03. The van der Waals surface area contributed by atoms with Crippen molar-refractivity contribution in [2.45, 2.75) is 33.3 Å². The molecule has 0 saturated carbocycles. The Morgan fingerprint density at radius 3 is 2.45 bits per heavy atom. The SMILES string of the molecule is C/C(C(=O)Nc1ccc(Oc2ccnc3cc(OCC(C)(C)O)ccc23)c(F)c1)=C(/C)N(C)N(C=O)c1ccccc1. The summed E-state index contributed by atoms with van der Waals surface area (Å²) in [5.74, 6) is -0.232. The number of hydrazine groups is 1. The first-order chi connectivity index (χ1) is 20.0. The number of rotatable bonds is 11. The fourth-order valence-corrected chi connectivity index (χ4v) is 4.00. The van der Waals surface area contributed by atoms with Gasteiger partial charge in [0.25, 0.3) is 5.91 Å². The molecule has 9 nitrogen and oxygen atoms in total. The second-order valence-corrected chi connectivity index (χ2v) is 10.3. The maximum Gasteiger partial charge on any atom is 0.253 e. The zero-order valence-electron chi connectivity index (χ0n) is 24.1. The fourth-order valence-electron chi connectivity index (χ4n) is 4.00. The number of allylic oxidation sites excluding steroid dienone is 1. The van der Waals surface area contributed by atoms with Crippen molar-refractivity contribution >= 4 is 34.6 Å². The van der Waals surface area contributed by atoms with E-state index in [1.807, 2.05) is 18.2 Å². The molecule has 0 saturated heterocycles. The van der Waals surface area contributed by atoms with Crippen molar-refractivity contribution in [1.29, 1.82) is 0 Å². The van der Waals surface area contributed by atoms with Gasteiger partial charge in [0, 0.05) is 47.7 Å². The van der Waals surface area contributed by atoms with Gasteiger partial charge in [0.05, 0.1) is 16.8 Å². The molecule has 10 heteroatoms. The van der Waals surface area contributed by atoms with Crippen molar-refractivity contribution in [2.75, 3.05) is 24.0 Å². The molecule has 42 heavy (non-hydrogen) atoms. The van der Waals surface area contributed by atoms with E-state index in [2.05, 4.69) is 10.3 Å². The molecule has 0 aliphatic carbocycles. The molecule has 0 fully saturated rings. The van der Waals surface area contributed by atoms with Gasteiger partial charge in [0.15, 0.2) is 11.6 Å². The standard InChI is InChI=1S/C32H33FN4O5/c1-21(22(2)36(5)37(20-38)24-9-7-6-8-10-24)31(39)35-23-11-14-30(27(33)17-23)42-29-15-16-34-28-18-25(12-13-26(28)29)41-19-32(3,4)40/h6-18,20,40H,19H2,1-5H3,(H,35,39)/b22-21+. The Labute approximate surface area is 243 Å². The highest BCUT2D eigenvalue weighted by Gasteiger charge is 2.18. The number of benzene rings is 3. The largest absolute Gasteiger partial charge is 0.491 e. The molecule has 3 aromatic carbocycles. The number of halogens is 1. The van der Waals surface area contributed by atoms with Crippen LogP contribution in [-0.4, -0.2) is 46.7 Å². The fraction of sp³-hybridized carbons (Fsp3) is 0.219. The molecular weight excluding hydrogens is 539 g/mol. The predicted octanol–water partition coefficient (Wildman–Crippen LogP) is 6.06. The lowest BCUT2D eigenvalue weighted by molar-refractivity contribution is -0.113. The summed E-state index contributed by atoms with van der Waals surface area (Å²) in [6.07, 6.45) is 2.21. The number of fused-ring (bicyclic) bond motifs is 1. The molecule has 2 N–H and O–H groups in total. The molecular formula is C32H33FN4O5. The first kappa shape index (κ1) is 30.0. The average molecular weight is 573 g/mol. The molecule has 4 aromatic rings. The minimum Gasteiger partial charge on any atom is -0.491 e. The Balaban J connectivity index is 1.47. The van der Waals surface area contributed by atoms with Gasteiger partial charge < -0.3 is 19.9 Å². The Morgan fingerprint density at radius 2 is 1.79 bits per heavy atom. The van der Waals surface area contributed by atoms with E-state index in [1.165, 1.54) is 23.2 Å². The minimum atomic E-state index is -0.986. The van der Waals surface area contributed by atoms with Gasteiger partial charge in [-0.3, -0.25) is 19.6 Å². The van der Waals surface area contributed by atoms with Crippen molar-refractivity contribution in [3.8, 4) is 17.2 Å². The number of carbonyl (C=O) groups excluding carboxylic acids is 2. The average Bonchev–Trinajstić information content (AvgIpc) is 2.97. The van der Waals surface area contributed by atoms with Crippen LogP contribution < -0.4 is 19.8 Å². The molecule has 1 heterocycles. The van der Waals surface area contributed by atoms with E-state index in [9.17, 15) is 14.7 Å². The number of hydrogen-bond donors (Lipinski definition) is 2. The van der Waals surface area contributed by atoms with Gasteiger partial charge in [0.2, 0.25) is 6.41 Å². The van der Waals surface area contributed by atoms with E-state index in [4.69, 9.17) is 9.47 Å². The quantitative estimate of drug-likeness (QED) is 0.128. The molecule has 218 valence electrons. The number of anilines is 2. The van der Waals surface area contributed by atoms with Crippen LogP contribution >= 0.6 is 0 Å². The summed E-state index contributed by atoms with van der Waals surface area (Å²) in [5.41, 5.74) is 1.34. The summed E-state index contributed by atoms with van der Waals surface area (Å²) in [6.45, 7) is 6.75. The van der Waals surface area contributed by atoms with Crippen molar-refractivity contribution in [3.63, 3.8) is 0 Å². The number of aromatic nitrogens is 1. The van der Waals surface area contributed by atoms with Crippen LogP contribution in [0.1, 0.15) is 27.7 Å². The first-order valence-corrected chi connectivity index (χ1v) is 13.2. The van der Waals surface area contributed by atoms with Gasteiger partial charge in [-0.15, -0.1) is 0 Å².